The van der Waals surface area contributed by atoms with Crippen LogP contribution in [-0.4, -0.2) is 81.3 Å². The van der Waals surface area contributed by atoms with Gasteiger partial charge in [0.25, 0.3) is 0 Å². The van der Waals surface area contributed by atoms with Crippen molar-refractivity contribution in [3.05, 3.63) is 0 Å². The van der Waals surface area contributed by atoms with Gasteiger partial charge in [0.05, 0.1) is 6.42 Å². The van der Waals surface area contributed by atoms with Gasteiger partial charge in [-0.3, -0.25) is 9.89 Å². The monoisotopic (exact) mass is 437 g/mol. The molecule has 0 aromatic rings. The molecule has 0 bridgehead atoms. The lowest BCUT2D eigenvalue weighted by Gasteiger charge is -2.36. The Morgan fingerprint density at radius 1 is 1.18 bits per heavy atom. The highest BCUT2D eigenvalue weighted by Gasteiger charge is 2.26. The van der Waals surface area contributed by atoms with Crippen molar-refractivity contribution in [1.82, 2.24) is 20.4 Å². The normalized spacial score (nSPS) is 19.5. The zero-order chi connectivity index (χ0) is 15.9. The van der Waals surface area contributed by atoms with E-state index in [0.29, 0.717) is 18.5 Å². The summed E-state index contributed by atoms with van der Waals surface area (Å²) in [7, 11) is 3.66. The first-order chi connectivity index (χ1) is 9.81. The van der Waals surface area contributed by atoms with Gasteiger partial charge < -0.3 is 15.5 Å². The molecular formula is C13H27F3IN5. The third-order valence-corrected chi connectivity index (χ3v) is 3.65. The van der Waals surface area contributed by atoms with E-state index in [2.05, 4.69) is 39.4 Å². The highest BCUT2D eigenvalue weighted by Crippen LogP contribution is 2.18. The second-order valence-corrected chi connectivity index (χ2v) is 5.43. The number of likely N-dealkylation sites (N-methyl/N-ethyl adjacent to an activating group) is 1. The van der Waals surface area contributed by atoms with Crippen molar-refractivity contribution in [2.24, 2.45) is 4.99 Å². The molecule has 0 amide bonds. The molecule has 1 aliphatic heterocycles. The van der Waals surface area contributed by atoms with Crippen LogP contribution in [-0.2, 0) is 0 Å². The molecule has 5 nitrogen and oxygen atoms in total. The van der Waals surface area contributed by atoms with Gasteiger partial charge >= 0.3 is 6.18 Å². The lowest BCUT2D eigenvalue weighted by atomic mass is 10.2. The topological polar surface area (TPSA) is 42.9 Å². The zero-order valence-electron chi connectivity index (χ0n) is 13.4. The summed E-state index contributed by atoms with van der Waals surface area (Å²) in [5.41, 5.74) is 0. The van der Waals surface area contributed by atoms with E-state index in [0.717, 1.165) is 26.2 Å². The van der Waals surface area contributed by atoms with Crippen LogP contribution in [0.2, 0.25) is 0 Å². The molecule has 1 fully saturated rings. The number of halogens is 4. The van der Waals surface area contributed by atoms with Crippen LogP contribution in [0.3, 0.4) is 0 Å². The molecule has 22 heavy (non-hydrogen) atoms. The average molecular weight is 437 g/mol. The van der Waals surface area contributed by atoms with E-state index in [-0.39, 0.29) is 30.5 Å². The fraction of sp³-hybridized carbons (Fsp3) is 0.923. The fourth-order valence-corrected chi connectivity index (χ4v) is 2.18. The van der Waals surface area contributed by atoms with Gasteiger partial charge in [-0.2, -0.15) is 13.2 Å². The molecular weight excluding hydrogens is 410 g/mol. The van der Waals surface area contributed by atoms with Crippen molar-refractivity contribution in [2.75, 3.05) is 53.4 Å². The Morgan fingerprint density at radius 2 is 1.77 bits per heavy atom. The van der Waals surface area contributed by atoms with Gasteiger partial charge in [0.1, 0.15) is 0 Å². The number of nitrogens with zero attached hydrogens (tertiary/aromatic N) is 3. The summed E-state index contributed by atoms with van der Waals surface area (Å²) >= 11 is 0. The molecule has 1 rings (SSSR count). The number of rotatable bonds is 5. The lowest BCUT2D eigenvalue weighted by Crippen LogP contribution is -2.52. The van der Waals surface area contributed by atoms with Crippen molar-refractivity contribution in [3.8, 4) is 0 Å². The molecule has 1 unspecified atom stereocenters. The SMILES string of the molecule is CN=C(NCCC(F)(F)F)NCC(C)N1CCN(C)CC1.I. The van der Waals surface area contributed by atoms with Crippen molar-refractivity contribution in [1.29, 1.82) is 0 Å². The molecule has 1 heterocycles. The molecule has 132 valence electrons. The first kappa shape index (κ1) is 21.7. The average Bonchev–Trinajstić information content (AvgIpc) is 2.41. The van der Waals surface area contributed by atoms with E-state index >= 15 is 0 Å². The van der Waals surface area contributed by atoms with E-state index in [1.54, 1.807) is 7.05 Å². The Hall–Kier alpha value is -0.290. The number of guanidine groups is 1. The predicted octanol–water partition coefficient (Wildman–Crippen LogP) is 1.36. The standard InChI is InChI=1S/C13H26F3N5.HI/c1-11(21-8-6-20(3)7-9-21)10-19-12(17-2)18-5-4-13(14,15)16;/h11H,4-10H2,1-3H3,(H2,17,18,19);1H. The van der Waals surface area contributed by atoms with E-state index < -0.39 is 12.6 Å². The molecule has 1 saturated heterocycles. The smallest absolute Gasteiger partial charge is 0.356 e. The van der Waals surface area contributed by atoms with Crippen LogP contribution in [0.25, 0.3) is 0 Å². The Morgan fingerprint density at radius 3 is 2.27 bits per heavy atom. The second-order valence-electron chi connectivity index (χ2n) is 5.43. The summed E-state index contributed by atoms with van der Waals surface area (Å²) in [6.07, 6.45) is -5.00. The molecule has 1 aliphatic rings. The van der Waals surface area contributed by atoms with Crippen LogP contribution in [0.1, 0.15) is 13.3 Å². The van der Waals surface area contributed by atoms with E-state index in [1.165, 1.54) is 0 Å². The third kappa shape index (κ3) is 8.99. The summed E-state index contributed by atoms with van der Waals surface area (Å²) in [4.78, 5) is 8.59. The molecule has 2 N–H and O–H groups in total. The van der Waals surface area contributed by atoms with Crippen LogP contribution >= 0.6 is 24.0 Å². The molecule has 0 spiro atoms. The van der Waals surface area contributed by atoms with Crippen LogP contribution in [0.4, 0.5) is 13.2 Å². The maximum atomic E-state index is 12.1. The van der Waals surface area contributed by atoms with Gasteiger partial charge in [0.2, 0.25) is 0 Å². The fourth-order valence-electron chi connectivity index (χ4n) is 2.18. The van der Waals surface area contributed by atoms with Gasteiger partial charge in [0.15, 0.2) is 5.96 Å². The summed E-state index contributed by atoms with van der Waals surface area (Å²) in [6.45, 7) is 6.73. The van der Waals surface area contributed by atoms with Gasteiger partial charge in [-0.05, 0) is 14.0 Å². The number of hydrogen-bond acceptors (Lipinski definition) is 3. The quantitative estimate of drug-likeness (QED) is 0.388. The highest BCUT2D eigenvalue weighted by atomic mass is 127. The number of nitrogens with one attached hydrogen (secondary N) is 2. The van der Waals surface area contributed by atoms with Crippen LogP contribution in [0, 0.1) is 0 Å². The van der Waals surface area contributed by atoms with Gasteiger partial charge in [-0.1, -0.05) is 0 Å². The molecule has 0 aliphatic carbocycles. The Balaban J connectivity index is 0.00000441. The van der Waals surface area contributed by atoms with Gasteiger partial charge in [-0.15, -0.1) is 24.0 Å². The maximum absolute atomic E-state index is 12.1. The van der Waals surface area contributed by atoms with Crippen LogP contribution < -0.4 is 10.6 Å². The summed E-state index contributed by atoms with van der Waals surface area (Å²) in [6, 6.07) is 0.319. The number of aliphatic imine (C=N–C) groups is 1. The van der Waals surface area contributed by atoms with Gasteiger partial charge in [0, 0.05) is 52.4 Å². The van der Waals surface area contributed by atoms with Gasteiger partial charge in [-0.25, -0.2) is 0 Å². The number of hydrogen-bond donors (Lipinski definition) is 2. The molecule has 9 heteroatoms. The minimum atomic E-state index is -4.14. The zero-order valence-corrected chi connectivity index (χ0v) is 15.7. The molecule has 0 aromatic carbocycles. The summed E-state index contributed by atoms with van der Waals surface area (Å²) < 4.78 is 36.3. The molecule has 0 radical (unpaired) electrons. The largest absolute Gasteiger partial charge is 0.390 e. The van der Waals surface area contributed by atoms with Crippen molar-refractivity contribution in [3.63, 3.8) is 0 Å². The van der Waals surface area contributed by atoms with E-state index in [1.807, 2.05) is 0 Å². The lowest BCUT2D eigenvalue weighted by molar-refractivity contribution is -0.132. The molecule has 0 saturated carbocycles. The van der Waals surface area contributed by atoms with Crippen molar-refractivity contribution < 1.29 is 13.2 Å². The Bertz CT molecular complexity index is 330. The van der Waals surface area contributed by atoms with Crippen molar-refractivity contribution >= 4 is 29.9 Å². The first-order valence-corrected chi connectivity index (χ1v) is 7.25. The molecule has 0 aromatic heterocycles. The highest BCUT2D eigenvalue weighted by molar-refractivity contribution is 14.0. The second kappa shape index (κ2) is 10.5. The number of piperazine rings is 1. The third-order valence-electron chi connectivity index (χ3n) is 3.65. The minimum Gasteiger partial charge on any atom is -0.356 e. The Labute approximate surface area is 147 Å². The maximum Gasteiger partial charge on any atom is 0.390 e. The van der Waals surface area contributed by atoms with E-state index in [4.69, 9.17) is 0 Å². The summed E-state index contributed by atoms with van der Waals surface area (Å²) in [5, 5.41) is 5.76. The summed E-state index contributed by atoms with van der Waals surface area (Å²) in [5.74, 6) is 0.417. The Kier molecular flexibility index (Phi) is 10.3. The van der Waals surface area contributed by atoms with Crippen LogP contribution in [0.5, 0.6) is 0 Å². The van der Waals surface area contributed by atoms with Crippen molar-refractivity contribution in [2.45, 2.75) is 25.6 Å². The first-order valence-electron chi connectivity index (χ1n) is 7.25. The predicted molar refractivity (Wildman–Crippen MR) is 94.0 cm³/mol. The number of alkyl halides is 3. The van der Waals surface area contributed by atoms with Crippen LogP contribution in [0.15, 0.2) is 4.99 Å². The molecule has 1 atom stereocenters. The minimum absolute atomic E-state index is 0. The van der Waals surface area contributed by atoms with E-state index in [9.17, 15) is 13.2 Å².